The van der Waals surface area contributed by atoms with Gasteiger partial charge in [0, 0.05) is 93.2 Å². The lowest BCUT2D eigenvalue weighted by atomic mass is 9.82. The van der Waals surface area contributed by atoms with E-state index in [-0.39, 0.29) is 43.3 Å². The number of carbonyl (C=O) groups is 3. The van der Waals surface area contributed by atoms with Crippen LogP contribution in [0.25, 0.3) is 11.1 Å². The van der Waals surface area contributed by atoms with E-state index in [2.05, 4.69) is 66.6 Å². The van der Waals surface area contributed by atoms with Crippen LogP contribution in [0, 0.1) is 19.8 Å². The number of aryl methyl sites for hydroxylation is 2. The minimum Gasteiger partial charge on any atom is -0.482 e. The molecule has 2 saturated heterocycles. The fraction of sp³-hybridized carbons (Fsp3) is 0.557. The molecule has 498 valence electrons. The van der Waals surface area contributed by atoms with Crippen molar-refractivity contribution in [2.45, 2.75) is 156 Å². The van der Waals surface area contributed by atoms with Gasteiger partial charge in [-0.15, -0.1) is 0 Å². The van der Waals surface area contributed by atoms with E-state index >= 15 is 0 Å². The molecule has 4 aromatic rings. The molecule has 4 aromatic carbocycles. The number of fused-ring (bicyclic) bond motifs is 2. The maximum atomic E-state index is 12.9. The molecule has 0 unspecified atom stereocenters. The zero-order chi connectivity index (χ0) is 66.9. The van der Waals surface area contributed by atoms with Gasteiger partial charge in [-0.3, -0.25) is 14.4 Å². The van der Waals surface area contributed by atoms with Crippen molar-refractivity contribution in [3.05, 3.63) is 142 Å². The van der Waals surface area contributed by atoms with Crippen LogP contribution in [0.1, 0.15) is 167 Å². The Labute approximate surface area is 532 Å². The van der Waals surface area contributed by atoms with Gasteiger partial charge in [-0.1, -0.05) is 75.2 Å². The van der Waals surface area contributed by atoms with Crippen molar-refractivity contribution in [1.29, 1.82) is 0 Å². The number of carbonyl (C=O) groups excluding carboxylic acids is 3. The average Bonchev–Trinajstić information content (AvgIpc) is 1.61. The molecule has 2 aliphatic carbocycles. The van der Waals surface area contributed by atoms with Gasteiger partial charge in [0.05, 0.1) is 0 Å². The zero-order valence-corrected chi connectivity index (χ0v) is 56.1. The predicted molar refractivity (Wildman–Crippen MR) is 362 cm³/mol. The van der Waals surface area contributed by atoms with Crippen LogP contribution >= 0.6 is 0 Å². The summed E-state index contributed by atoms with van der Waals surface area (Å²) in [6, 6.07) is 28.6. The second kappa shape index (κ2) is 40.6. The van der Waals surface area contributed by atoms with Crippen molar-refractivity contribution in [2.24, 2.45) is 40.3 Å². The minimum atomic E-state index is -4.88. The molecule has 6 aliphatic rings. The lowest BCUT2D eigenvalue weighted by Crippen LogP contribution is -2.52. The fourth-order valence-electron chi connectivity index (χ4n) is 9.57. The summed E-state index contributed by atoms with van der Waals surface area (Å²) in [4.78, 5) is 41.5. The number of halogens is 3. The number of amides is 3. The van der Waals surface area contributed by atoms with Crippen LogP contribution in [-0.4, -0.2) is 155 Å². The normalized spacial score (nSPS) is 16.0. The number of hydrogen-bond acceptors (Lipinski definition) is 13. The van der Waals surface area contributed by atoms with E-state index in [0.29, 0.717) is 36.5 Å². The van der Waals surface area contributed by atoms with E-state index in [1.807, 2.05) is 123 Å². The highest BCUT2D eigenvalue weighted by atomic mass is 19.4. The molecule has 89 heavy (non-hydrogen) atoms. The standard InChI is InChI=1S/C27H29F3N2O3.C25H30N2O2.C4H9N.C3H7N.2C3H9N.2C2H7N.CH5N/c1-4-31(5-2)24(33)20-9-7-19(8-10-20)22-17-26(35-23-11-6-18(3)16-21(22)23)12-14-32(15-13-26)25(34)27(28,29)30;1-4-27(5-2)24(28)20-9-7-19(8-10-20)22-17-25(12-14-26-15-13-25)29-23-11-6-18(3)16-21(22)23;5-3-4-1-2-4;4-3-1-2-3;1-3(2)4;1-2-3-4;1-3-2;1-2-3;1-2/h6-11,16-17H,4-5,12-15H2,1-3H3;6-11,16-17,26H,4-5,12-15H2,1-3H3;4H,1-3,5H2;3H,1-2,4H2;3H,4H2,1-2H3;2-4H2,1H3;3H,1-2H3;2-3H2,1H3;2H2,1H3. The molecule has 19 heteroatoms. The summed E-state index contributed by atoms with van der Waals surface area (Å²) in [7, 11) is 5.25. The Morgan fingerprint density at radius 1 is 0.652 bits per heavy atom. The van der Waals surface area contributed by atoms with Gasteiger partial charge in [-0.25, -0.2) is 0 Å². The molecule has 4 heterocycles. The van der Waals surface area contributed by atoms with E-state index < -0.39 is 17.7 Å². The largest absolute Gasteiger partial charge is 0.482 e. The monoisotopic (exact) mass is 1240 g/mol. The molecule has 4 aliphatic heterocycles. The number of piperidine rings is 2. The smallest absolute Gasteiger partial charge is 0.471 e. The number of benzene rings is 4. The summed E-state index contributed by atoms with van der Waals surface area (Å²) in [6.07, 6.45) is 8.24. The van der Waals surface area contributed by atoms with Crippen LogP contribution < -0.4 is 54.5 Å². The Hall–Kier alpha value is -6.16. The number of nitrogens with one attached hydrogen (secondary N) is 2. The SMILES string of the molecule is CC(C)N.CCCN.CCN.CCN(CC)C(=O)c1ccc(C2=CC3(CCN(C(=O)C(F)(F)F)CC3)Oc3ccc(C)cc32)cc1.CCN(CC)C(=O)c1ccc(C2=CC3(CCNCC3)Oc3ccc(C)cc32)cc1.CN.CNC.NC1CC1.NCC1CC1. The first-order chi connectivity index (χ1) is 42.4. The molecule has 2 spiro atoms. The molecule has 0 atom stereocenters. The van der Waals surface area contributed by atoms with Crippen LogP contribution in [-0.2, 0) is 4.79 Å². The maximum Gasteiger partial charge on any atom is 0.471 e. The van der Waals surface area contributed by atoms with Crippen molar-refractivity contribution in [3.8, 4) is 11.5 Å². The Morgan fingerprint density at radius 2 is 0.989 bits per heavy atom. The van der Waals surface area contributed by atoms with Gasteiger partial charge >= 0.3 is 12.1 Å². The van der Waals surface area contributed by atoms with Gasteiger partial charge in [0.25, 0.3) is 11.8 Å². The Bertz CT molecular complexity index is 2740. The molecule has 3 amide bonds. The molecule has 2 saturated carbocycles. The first-order valence-corrected chi connectivity index (χ1v) is 32.1. The fourth-order valence-corrected chi connectivity index (χ4v) is 9.57. The van der Waals surface area contributed by atoms with Gasteiger partial charge < -0.3 is 69.2 Å². The molecule has 14 N–H and O–H groups in total. The summed E-state index contributed by atoms with van der Waals surface area (Å²) in [5, 5.41) is 6.18. The quantitative estimate of drug-likeness (QED) is 0.0736. The third-order valence-electron chi connectivity index (χ3n) is 14.8. The van der Waals surface area contributed by atoms with Crippen molar-refractivity contribution < 1.29 is 37.0 Å². The van der Waals surface area contributed by atoms with E-state index in [0.717, 1.165) is 121 Å². The minimum absolute atomic E-state index is 0.0306. The Kier molecular flexibility index (Phi) is 36.0. The molecular formula is C70H112F3N11O5. The maximum absolute atomic E-state index is 12.9. The first kappa shape index (κ1) is 78.9. The lowest BCUT2D eigenvalue weighted by molar-refractivity contribution is -0.187. The van der Waals surface area contributed by atoms with Crippen molar-refractivity contribution in [2.75, 3.05) is 93.1 Å². The lowest BCUT2D eigenvalue weighted by Gasteiger charge is -2.43. The van der Waals surface area contributed by atoms with Crippen LogP contribution in [0.4, 0.5) is 13.2 Å². The molecule has 0 bridgehead atoms. The van der Waals surface area contributed by atoms with Gasteiger partial charge in [-0.05, 0) is 222 Å². The summed E-state index contributed by atoms with van der Waals surface area (Å²) in [5.74, 6) is 0.780. The number of ether oxygens (including phenoxy) is 2. The van der Waals surface area contributed by atoms with Crippen molar-refractivity contribution in [3.63, 3.8) is 0 Å². The van der Waals surface area contributed by atoms with Gasteiger partial charge in [0.15, 0.2) is 0 Å². The van der Waals surface area contributed by atoms with Crippen LogP contribution in [0.5, 0.6) is 11.5 Å². The van der Waals surface area contributed by atoms with Gasteiger partial charge in [0.1, 0.15) is 22.7 Å². The van der Waals surface area contributed by atoms with E-state index in [1.54, 1.807) is 17.0 Å². The van der Waals surface area contributed by atoms with Crippen molar-refractivity contribution in [1.82, 2.24) is 25.3 Å². The topological polar surface area (TPSA) is 260 Å². The Morgan fingerprint density at radius 3 is 1.26 bits per heavy atom. The second-order valence-electron chi connectivity index (χ2n) is 23.1. The van der Waals surface area contributed by atoms with Crippen LogP contribution in [0.2, 0.25) is 0 Å². The zero-order valence-electron chi connectivity index (χ0n) is 56.1. The number of alkyl halides is 3. The summed E-state index contributed by atoms with van der Waals surface area (Å²) >= 11 is 0. The molecule has 0 aromatic heterocycles. The molecule has 16 nitrogen and oxygen atoms in total. The number of likely N-dealkylation sites (tertiary alicyclic amines) is 1. The second-order valence-corrected chi connectivity index (χ2v) is 23.1. The third-order valence-corrected chi connectivity index (χ3v) is 14.8. The highest BCUT2D eigenvalue weighted by molar-refractivity contribution is 5.96. The molecule has 4 fully saturated rings. The molecule has 0 radical (unpaired) electrons. The van der Waals surface area contributed by atoms with E-state index in [9.17, 15) is 27.6 Å². The molecular weight excluding hydrogens is 1130 g/mol. The number of hydrogen-bond donors (Lipinski definition) is 8. The predicted octanol–water partition coefficient (Wildman–Crippen LogP) is 10.2. The van der Waals surface area contributed by atoms with E-state index in [4.69, 9.17) is 38.1 Å². The number of nitrogens with two attached hydrogens (primary N) is 6. The summed E-state index contributed by atoms with van der Waals surface area (Å²) in [6.45, 7) is 26.9. The third kappa shape index (κ3) is 26.3. The highest BCUT2D eigenvalue weighted by Gasteiger charge is 2.47. The van der Waals surface area contributed by atoms with Gasteiger partial charge in [0.2, 0.25) is 0 Å². The highest BCUT2D eigenvalue weighted by Crippen LogP contribution is 2.45. The number of nitrogens with zero attached hydrogens (tertiary/aromatic N) is 3. The number of rotatable bonds is 10. The Balaban J connectivity index is 0.000000442. The average molecular weight is 1240 g/mol. The summed E-state index contributed by atoms with van der Waals surface area (Å²) < 4.78 is 51.6. The van der Waals surface area contributed by atoms with Crippen LogP contribution in [0.15, 0.2) is 97.1 Å². The first-order valence-electron chi connectivity index (χ1n) is 32.1. The van der Waals surface area contributed by atoms with Crippen molar-refractivity contribution >= 4 is 28.9 Å². The van der Waals surface area contributed by atoms with Crippen LogP contribution in [0.3, 0.4) is 0 Å². The van der Waals surface area contributed by atoms with Gasteiger partial charge in [-0.2, -0.15) is 13.2 Å². The molecule has 10 rings (SSSR count). The van der Waals surface area contributed by atoms with E-state index in [1.165, 1.54) is 43.9 Å². The summed E-state index contributed by atoms with van der Waals surface area (Å²) in [5.41, 5.74) is 38.7.